The van der Waals surface area contributed by atoms with Crippen molar-refractivity contribution in [2.24, 2.45) is 0 Å². The first-order valence-electron chi connectivity index (χ1n) is 5.58. The van der Waals surface area contributed by atoms with E-state index in [1.54, 1.807) is 11.8 Å². The topological polar surface area (TPSA) is 66.5 Å². The van der Waals surface area contributed by atoms with E-state index in [0.29, 0.717) is 12.6 Å². The quantitative estimate of drug-likeness (QED) is 0.775. The molecule has 0 aliphatic heterocycles. The summed E-state index contributed by atoms with van der Waals surface area (Å²) >= 11 is 0. The second kappa shape index (κ2) is 5.03. The number of carbonyl (C=O) groups is 1. The van der Waals surface area contributed by atoms with E-state index in [9.17, 15) is 13.2 Å². The first kappa shape index (κ1) is 13.3. The zero-order chi connectivity index (χ0) is 12.3. The number of sulfone groups is 1. The Labute approximate surface area is 97.1 Å². The van der Waals surface area contributed by atoms with E-state index in [1.165, 1.54) is 6.26 Å². The third kappa shape index (κ3) is 4.38. The lowest BCUT2D eigenvalue weighted by molar-refractivity contribution is 0.187. The maximum Gasteiger partial charge on any atom is 0.317 e. The van der Waals surface area contributed by atoms with Gasteiger partial charge in [-0.2, -0.15) is 0 Å². The highest BCUT2D eigenvalue weighted by atomic mass is 32.2. The molecule has 0 saturated heterocycles. The van der Waals surface area contributed by atoms with Crippen molar-refractivity contribution >= 4 is 15.9 Å². The van der Waals surface area contributed by atoms with Crippen molar-refractivity contribution in [3.8, 4) is 0 Å². The minimum atomic E-state index is -3.05. The third-order valence-corrected chi connectivity index (χ3v) is 3.67. The summed E-state index contributed by atoms with van der Waals surface area (Å²) in [6.07, 6.45) is 3.25. The normalized spacial score (nSPS) is 17.9. The number of rotatable bonds is 5. The second-order valence-corrected chi connectivity index (χ2v) is 6.64. The molecule has 0 aromatic carbocycles. The second-order valence-electron chi connectivity index (χ2n) is 4.45. The van der Waals surface area contributed by atoms with Crippen molar-refractivity contribution in [3.05, 3.63) is 0 Å². The SMILES string of the molecule is CCN(C(=O)NC1CC1)[C@H](C)CS(C)(=O)=O. The number of nitrogens with zero attached hydrogens (tertiary/aromatic N) is 1. The Bertz CT molecular complexity index is 349. The van der Waals surface area contributed by atoms with Crippen LogP contribution >= 0.6 is 0 Å². The Morgan fingerprint density at radius 1 is 1.50 bits per heavy atom. The van der Waals surface area contributed by atoms with Crippen LogP contribution in [-0.4, -0.2) is 50.0 Å². The number of nitrogens with one attached hydrogen (secondary N) is 1. The monoisotopic (exact) mass is 248 g/mol. The van der Waals surface area contributed by atoms with Gasteiger partial charge in [0, 0.05) is 24.9 Å². The Hall–Kier alpha value is -0.780. The van der Waals surface area contributed by atoms with E-state index < -0.39 is 9.84 Å². The van der Waals surface area contributed by atoms with E-state index in [1.807, 2.05) is 6.92 Å². The van der Waals surface area contributed by atoms with Crippen LogP contribution in [0.4, 0.5) is 4.79 Å². The molecular formula is C10H20N2O3S. The number of urea groups is 1. The van der Waals surface area contributed by atoms with Gasteiger partial charge in [0.25, 0.3) is 0 Å². The Balaban J connectivity index is 2.53. The molecule has 0 bridgehead atoms. The Morgan fingerprint density at radius 2 is 2.06 bits per heavy atom. The summed E-state index contributed by atoms with van der Waals surface area (Å²) in [5.74, 6) is 0.0128. The number of amides is 2. The van der Waals surface area contributed by atoms with Gasteiger partial charge in [-0.25, -0.2) is 13.2 Å². The molecule has 1 fully saturated rings. The van der Waals surface area contributed by atoms with Crippen LogP contribution in [0.5, 0.6) is 0 Å². The number of hydrogen-bond acceptors (Lipinski definition) is 3. The number of carbonyl (C=O) groups excluding carboxylic acids is 1. The predicted octanol–water partition coefficient (Wildman–Crippen LogP) is 0.613. The van der Waals surface area contributed by atoms with Gasteiger partial charge in [0.05, 0.1) is 5.75 Å². The molecule has 6 heteroatoms. The van der Waals surface area contributed by atoms with Crippen LogP contribution in [0.1, 0.15) is 26.7 Å². The molecule has 0 unspecified atom stereocenters. The summed E-state index contributed by atoms with van der Waals surface area (Å²) in [6.45, 7) is 4.14. The van der Waals surface area contributed by atoms with Crippen molar-refractivity contribution in [3.63, 3.8) is 0 Å². The number of hydrogen-bond donors (Lipinski definition) is 1. The van der Waals surface area contributed by atoms with Gasteiger partial charge >= 0.3 is 6.03 Å². The van der Waals surface area contributed by atoms with Gasteiger partial charge in [-0.3, -0.25) is 0 Å². The highest BCUT2D eigenvalue weighted by Crippen LogP contribution is 2.19. The Morgan fingerprint density at radius 3 is 2.44 bits per heavy atom. The predicted molar refractivity (Wildman–Crippen MR) is 63.1 cm³/mol. The fourth-order valence-electron chi connectivity index (χ4n) is 1.67. The molecule has 1 atom stereocenters. The summed E-state index contributed by atoms with van der Waals surface area (Å²) in [5.41, 5.74) is 0. The smallest absolute Gasteiger partial charge is 0.317 e. The van der Waals surface area contributed by atoms with Gasteiger partial charge in [0.15, 0.2) is 0 Å². The van der Waals surface area contributed by atoms with Gasteiger partial charge in [0.1, 0.15) is 9.84 Å². The van der Waals surface area contributed by atoms with Gasteiger partial charge in [0.2, 0.25) is 0 Å². The minimum absolute atomic E-state index is 0.0128. The average molecular weight is 248 g/mol. The lowest BCUT2D eigenvalue weighted by Crippen LogP contribution is -2.47. The molecule has 0 aromatic heterocycles. The van der Waals surface area contributed by atoms with Crippen molar-refractivity contribution < 1.29 is 13.2 Å². The van der Waals surface area contributed by atoms with E-state index >= 15 is 0 Å². The van der Waals surface area contributed by atoms with Crippen molar-refractivity contribution in [2.45, 2.75) is 38.8 Å². The molecule has 1 saturated carbocycles. The van der Waals surface area contributed by atoms with Gasteiger partial charge < -0.3 is 10.2 Å². The lowest BCUT2D eigenvalue weighted by Gasteiger charge is -2.27. The molecule has 0 heterocycles. The minimum Gasteiger partial charge on any atom is -0.335 e. The van der Waals surface area contributed by atoms with Crippen LogP contribution in [0.15, 0.2) is 0 Å². The summed E-state index contributed by atoms with van der Waals surface area (Å²) in [4.78, 5) is 13.3. The highest BCUT2D eigenvalue weighted by Gasteiger charge is 2.28. The summed E-state index contributed by atoms with van der Waals surface area (Å²) in [6, 6.07) is -0.133. The van der Waals surface area contributed by atoms with Crippen LogP contribution in [0.25, 0.3) is 0 Å². The molecule has 1 aliphatic rings. The van der Waals surface area contributed by atoms with E-state index in [-0.39, 0.29) is 17.8 Å². The van der Waals surface area contributed by atoms with Crippen molar-refractivity contribution in [1.82, 2.24) is 10.2 Å². The van der Waals surface area contributed by atoms with Crippen LogP contribution in [-0.2, 0) is 9.84 Å². The van der Waals surface area contributed by atoms with Crippen LogP contribution in [0.2, 0.25) is 0 Å². The molecule has 16 heavy (non-hydrogen) atoms. The van der Waals surface area contributed by atoms with Crippen LogP contribution in [0.3, 0.4) is 0 Å². The lowest BCUT2D eigenvalue weighted by atomic mass is 10.3. The fourth-order valence-corrected chi connectivity index (χ4v) is 2.72. The van der Waals surface area contributed by atoms with Gasteiger partial charge in [-0.15, -0.1) is 0 Å². The maximum atomic E-state index is 11.8. The fraction of sp³-hybridized carbons (Fsp3) is 0.900. The summed E-state index contributed by atoms with van der Waals surface area (Å²) in [7, 11) is -3.05. The average Bonchev–Trinajstić information content (AvgIpc) is 2.85. The molecule has 0 aromatic rings. The molecule has 1 rings (SSSR count). The van der Waals surface area contributed by atoms with Crippen molar-refractivity contribution in [1.29, 1.82) is 0 Å². The summed E-state index contributed by atoms with van der Waals surface area (Å²) < 4.78 is 22.3. The van der Waals surface area contributed by atoms with Gasteiger partial charge in [-0.1, -0.05) is 0 Å². The molecule has 1 N–H and O–H groups in total. The van der Waals surface area contributed by atoms with E-state index in [2.05, 4.69) is 5.32 Å². The highest BCUT2D eigenvalue weighted by molar-refractivity contribution is 7.90. The van der Waals surface area contributed by atoms with Gasteiger partial charge in [-0.05, 0) is 26.7 Å². The molecule has 94 valence electrons. The third-order valence-electron chi connectivity index (χ3n) is 2.58. The standard InChI is InChI=1S/C10H20N2O3S/c1-4-12(8(2)7-16(3,14)15)10(13)11-9-5-6-9/h8-9H,4-7H2,1-3H3,(H,11,13)/t8-/m1/s1. The first-order chi connectivity index (χ1) is 7.33. The van der Waals surface area contributed by atoms with Crippen LogP contribution < -0.4 is 5.32 Å². The van der Waals surface area contributed by atoms with E-state index in [0.717, 1.165) is 12.8 Å². The maximum absolute atomic E-state index is 11.8. The largest absolute Gasteiger partial charge is 0.335 e. The van der Waals surface area contributed by atoms with Crippen molar-refractivity contribution in [2.75, 3.05) is 18.6 Å². The molecule has 0 spiro atoms. The molecular weight excluding hydrogens is 228 g/mol. The van der Waals surface area contributed by atoms with E-state index in [4.69, 9.17) is 0 Å². The summed E-state index contributed by atoms with van der Waals surface area (Å²) in [5, 5.41) is 2.86. The molecule has 1 aliphatic carbocycles. The zero-order valence-corrected chi connectivity index (χ0v) is 10.9. The molecule has 0 radical (unpaired) electrons. The Kier molecular flexibility index (Phi) is 4.18. The zero-order valence-electron chi connectivity index (χ0n) is 10.1. The first-order valence-corrected chi connectivity index (χ1v) is 7.64. The molecule has 2 amide bonds. The van der Waals surface area contributed by atoms with Crippen LogP contribution in [0, 0.1) is 0 Å². The molecule has 5 nitrogen and oxygen atoms in total.